The number of alkyl halides is 2. The Morgan fingerprint density at radius 1 is 1.67 bits per heavy atom. The van der Waals surface area contributed by atoms with Crippen LogP contribution in [0.3, 0.4) is 0 Å². The van der Waals surface area contributed by atoms with Crippen LogP contribution in [0.25, 0.3) is 0 Å². The first kappa shape index (κ1) is 9.12. The average Bonchev–Trinajstić information content (AvgIpc) is 2.30. The van der Waals surface area contributed by atoms with Gasteiger partial charge in [-0.3, -0.25) is 0 Å². The summed E-state index contributed by atoms with van der Waals surface area (Å²) in [7, 11) is 0. The maximum absolute atomic E-state index is 12.6. The lowest BCUT2D eigenvalue weighted by Crippen LogP contribution is -2.10. The van der Waals surface area contributed by atoms with Gasteiger partial charge in [-0.15, -0.1) is 0 Å². The van der Waals surface area contributed by atoms with Crippen LogP contribution in [-0.4, -0.2) is 9.97 Å². The Hall–Kier alpha value is -0.970. The van der Waals surface area contributed by atoms with Gasteiger partial charge >= 0.3 is 5.92 Å². The Morgan fingerprint density at radius 3 is 2.50 bits per heavy atom. The highest BCUT2D eigenvalue weighted by molar-refractivity contribution is 5.07. The van der Waals surface area contributed by atoms with Gasteiger partial charge in [0.1, 0.15) is 0 Å². The lowest BCUT2D eigenvalue weighted by atomic mass is 10.3. The van der Waals surface area contributed by atoms with Gasteiger partial charge < -0.3 is 10.7 Å². The van der Waals surface area contributed by atoms with E-state index in [1.807, 2.05) is 0 Å². The summed E-state index contributed by atoms with van der Waals surface area (Å²) in [5.41, 5.74) is 5.97. The molecule has 3 nitrogen and oxygen atoms in total. The molecule has 5 heteroatoms. The van der Waals surface area contributed by atoms with Crippen LogP contribution >= 0.6 is 0 Å². The maximum atomic E-state index is 12.6. The van der Waals surface area contributed by atoms with E-state index in [1.165, 1.54) is 6.20 Å². The Bertz CT molecular complexity index is 262. The van der Waals surface area contributed by atoms with Crippen molar-refractivity contribution >= 4 is 0 Å². The first-order valence-corrected chi connectivity index (χ1v) is 3.60. The minimum Gasteiger partial charge on any atom is -0.340 e. The molecule has 0 amide bonds. The minimum absolute atomic E-state index is 0.298. The largest absolute Gasteiger partial charge is 0.340 e. The molecule has 0 aromatic carbocycles. The van der Waals surface area contributed by atoms with Crippen LogP contribution in [0.2, 0.25) is 0 Å². The number of aromatic nitrogens is 2. The number of nitrogens with two attached hydrogens (primary N) is 1. The van der Waals surface area contributed by atoms with Crippen molar-refractivity contribution in [1.29, 1.82) is 0 Å². The SMILES string of the molecule is CC(N)c1cnc(C(C)(F)F)[nH]1. The van der Waals surface area contributed by atoms with E-state index in [4.69, 9.17) is 5.73 Å². The molecule has 1 heterocycles. The lowest BCUT2D eigenvalue weighted by molar-refractivity contribution is 0.00846. The molecule has 0 aliphatic heterocycles. The smallest absolute Gasteiger partial charge is 0.301 e. The third kappa shape index (κ3) is 1.79. The molecule has 0 saturated heterocycles. The summed E-state index contributed by atoms with van der Waals surface area (Å²) in [5.74, 6) is -3.26. The van der Waals surface area contributed by atoms with E-state index >= 15 is 0 Å². The summed E-state index contributed by atoms with van der Waals surface area (Å²) in [6, 6.07) is -0.298. The Balaban J connectivity index is 2.92. The van der Waals surface area contributed by atoms with Crippen LogP contribution in [0.15, 0.2) is 6.20 Å². The van der Waals surface area contributed by atoms with E-state index in [-0.39, 0.29) is 11.9 Å². The molecule has 1 aromatic rings. The second-order valence-corrected chi connectivity index (χ2v) is 2.86. The van der Waals surface area contributed by atoms with Crippen LogP contribution in [0.5, 0.6) is 0 Å². The van der Waals surface area contributed by atoms with Crippen molar-refractivity contribution in [1.82, 2.24) is 9.97 Å². The number of hydrogen-bond donors (Lipinski definition) is 2. The van der Waals surface area contributed by atoms with Crippen LogP contribution < -0.4 is 5.73 Å². The molecule has 0 radical (unpaired) electrons. The molecule has 0 aliphatic rings. The molecule has 12 heavy (non-hydrogen) atoms. The highest BCUT2D eigenvalue weighted by atomic mass is 19.3. The molecule has 0 bridgehead atoms. The highest BCUT2D eigenvalue weighted by Gasteiger charge is 2.28. The fourth-order valence-corrected chi connectivity index (χ4v) is 0.790. The lowest BCUT2D eigenvalue weighted by Gasteiger charge is -2.05. The zero-order chi connectivity index (χ0) is 9.35. The number of nitrogens with one attached hydrogen (secondary N) is 1. The molecule has 68 valence electrons. The summed E-state index contributed by atoms with van der Waals surface area (Å²) in [4.78, 5) is 5.99. The molecule has 0 fully saturated rings. The first-order valence-electron chi connectivity index (χ1n) is 3.60. The van der Waals surface area contributed by atoms with Crippen molar-refractivity contribution in [2.75, 3.05) is 0 Å². The van der Waals surface area contributed by atoms with Gasteiger partial charge in [0.05, 0.1) is 11.9 Å². The van der Waals surface area contributed by atoms with Gasteiger partial charge in [0.15, 0.2) is 5.82 Å². The van der Waals surface area contributed by atoms with Crippen molar-refractivity contribution in [2.45, 2.75) is 25.8 Å². The molecular formula is C7H11F2N3. The molecule has 0 spiro atoms. The Morgan fingerprint density at radius 2 is 2.25 bits per heavy atom. The third-order valence-electron chi connectivity index (χ3n) is 1.50. The number of rotatable bonds is 2. The summed E-state index contributed by atoms with van der Waals surface area (Å²) >= 11 is 0. The third-order valence-corrected chi connectivity index (χ3v) is 1.50. The monoisotopic (exact) mass is 175 g/mol. The number of H-pyrrole nitrogens is 1. The zero-order valence-corrected chi connectivity index (χ0v) is 6.94. The summed E-state index contributed by atoms with van der Waals surface area (Å²) in [6.07, 6.45) is 1.33. The fourth-order valence-electron chi connectivity index (χ4n) is 0.790. The van der Waals surface area contributed by atoms with E-state index < -0.39 is 5.92 Å². The van der Waals surface area contributed by atoms with E-state index in [9.17, 15) is 8.78 Å². The highest BCUT2D eigenvalue weighted by Crippen LogP contribution is 2.24. The Labute approximate surface area is 69.0 Å². The number of halogens is 2. The fraction of sp³-hybridized carbons (Fsp3) is 0.571. The van der Waals surface area contributed by atoms with Crippen LogP contribution in [0, 0.1) is 0 Å². The van der Waals surface area contributed by atoms with Gasteiger partial charge in [0.25, 0.3) is 0 Å². The Kier molecular flexibility index (Phi) is 2.14. The number of nitrogens with zero attached hydrogens (tertiary/aromatic N) is 1. The summed E-state index contributed by atoms with van der Waals surface area (Å²) in [6.45, 7) is 2.49. The van der Waals surface area contributed by atoms with Crippen molar-refractivity contribution in [3.63, 3.8) is 0 Å². The van der Waals surface area contributed by atoms with Crippen molar-refractivity contribution < 1.29 is 8.78 Å². The zero-order valence-electron chi connectivity index (χ0n) is 6.94. The summed E-state index contributed by atoms with van der Waals surface area (Å²) in [5, 5.41) is 0. The van der Waals surface area contributed by atoms with Gasteiger partial charge in [0.2, 0.25) is 0 Å². The standard InChI is InChI=1S/C7H11F2N3/c1-4(10)5-3-11-6(12-5)7(2,8)9/h3-4H,10H2,1-2H3,(H,11,12). The molecular weight excluding hydrogens is 164 g/mol. The second-order valence-electron chi connectivity index (χ2n) is 2.86. The topological polar surface area (TPSA) is 54.7 Å². The molecule has 3 N–H and O–H groups in total. The van der Waals surface area contributed by atoms with E-state index in [0.29, 0.717) is 5.69 Å². The molecule has 1 aromatic heterocycles. The quantitative estimate of drug-likeness (QED) is 0.716. The predicted octanol–water partition coefficient (Wildman–Crippen LogP) is 1.54. The molecule has 1 unspecified atom stereocenters. The predicted molar refractivity (Wildman–Crippen MR) is 40.8 cm³/mol. The first-order chi connectivity index (χ1) is 5.41. The van der Waals surface area contributed by atoms with Crippen molar-refractivity contribution in [2.24, 2.45) is 5.73 Å². The normalized spacial score (nSPS) is 14.8. The molecule has 1 rings (SSSR count). The van der Waals surface area contributed by atoms with Crippen LogP contribution in [-0.2, 0) is 5.92 Å². The number of aromatic amines is 1. The maximum Gasteiger partial charge on any atom is 0.301 e. The molecule has 0 aliphatic carbocycles. The van der Waals surface area contributed by atoms with E-state index in [0.717, 1.165) is 6.92 Å². The average molecular weight is 175 g/mol. The van der Waals surface area contributed by atoms with E-state index in [2.05, 4.69) is 9.97 Å². The van der Waals surface area contributed by atoms with Gasteiger partial charge in [-0.05, 0) is 6.92 Å². The van der Waals surface area contributed by atoms with Gasteiger partial charge in [-0.1, -0.05) is 0 Å². The van der Waals surface area contributed by atoms with E-state index in [1.54, 1.807) is 6.92 Å². The van der Waals surface area contributed by atoms with Crippen molar-refractivity contribution in [3.8, 4) is 0 Å². The second kappa shape index (κ2) is 2.82. The molecule has 0 saturated carbocycles. The van der Waals surface area contributed by atoms with Gasteiger partial charge in [0, 0.05) is 13.0 Å². The number of imidazole rings is 1. The van der Waals surface area contributed by atoms with Crippen LogP contribution in [0.4, 0.5) is 8.78 Å². The van der Waals surface area contributed by atoms with Crippen molar-refractivity contribution in [3.05, 3.63) is 17.7 Å². The molecule has 1 atom stereocenters. The summed E-state index contributed by atoms with van der Waals surface area (Å²) < 4.78 is 25.2. The van der Waals surface area contributed by atoms with Gasteiger partial charge in [-0.2, -0.15) is 8.78 Å². The van der Waals surface area contributed by atoms with Gasteiger partial charge in [-0.25, -0.2) is 4.98 Å². The van der Waals surface area contributed by atoms with Crippen LogP contribution in [0.1, 0.15) is 31.4 Å². The minimum atomic E-state index is -2.92. The number of hydrogen-bond acceptors (Lipinski definition) is 2.